The normalized spacial score (nSPS) is 16.6. The summed E-state index contributed by atoms with van der Waals surface area (Å²) in [4.78, 5) is 14.0. The highest BCUT2D eigenvalue weighted by Gasteiger charge is 2.26. The van der Waals surface area contributed by atoms with Gasteiger partial charge in [0.2, 0.25) is 15.9 Å². The van der Waals surface area contributed by atoms with Crippen molar-refractivity contribution in [3.8, 4) is 5.75 Å². The van der Waals surface area contributed by atoms with Crippen molar-refractivity contribution >= 4 is 27.5 Å². The van der Waals surface area contributed by atoms with Crippen LogP contribution < -0.4 is 4.74 Å². The van der Waals surface area contributed by atoms with Crippen LogP contribution in [-0.2, 0) is 21.2 Å². The van der Waals surface area contributed by atoms with Crippen LogP contribution in [0.15, 0.2) is 18.2 Å². The van der Waals surface area contributed by atoms with E-state index in [0.717, 1.165) is 5.56 Å². The molecule has 1 aromatic rings. The maximum absolute atomic E-state index is 12.4. The molecule has 1 aliphatic rings. The van der Waals surface area contributed by atoms with Crippen molar-refractivity contribution in [3.63, 3.8) is 0 Å². The van der Waals surface area contributed by atoms with E-state index in [-0.39, 0.29) is 12.3 Å². The van der Waals surface area contributed by atoms with Gasteiger partial charge in [0.05, 0.1) is 19.8 Å². The molecule has 122 valence electrons. The molecule has 1 fully saturated rings. The zero-order valence-corrected chi connectivity index (χ0v) is 14.2. The van der Waals surface area contributed by atoms with Crippen molar-refractivity contribution in [2.24, 2.45) is 0 Å². The lowest BCUT2D eigenvalue weighted by Crippen LogP contribution is -2.50. The van der Waals surface area contributed by atoms with Gasteiger partial charge in [0, 0.05) is 36.8 Å². The van der Waals surface area contributed by atoms with Gasteiger partial charge in [0.25, 0.3) is 0 Å². The lowest BCUT2D eigenvalue weighted by molar-refractivity contribution is -0.131. The van der Waals surface area contributed by atoms with Crippen LogP contribution in [-0.4, -0.2) is 63.1 Å². The standard InChI is InChI=1S/C14H19ClN2O4S/c1-21-13-4-3-12(15)9-11(13)10-14(18)16-5-7-17(8-6-16)22(2,19)20/h3-4,9H,5-8,10H2,1-2H3. The molecule has 1 saturated heterocycles. The second-order valence-corrected chi connectivity index (χ2v) is 7.59. The highest BCUT2D eigenvalue weighted by atomic mass is 35.5. The number of hydrogen-bond donors (Lipinski definition) is 0. The quantitative estimate of drug-likeness (QED) is 0.815. The molecule has 0 aliphatic carbocycles. The van der Waals surface area contributed by atoms with E-state index >= 15 is 0 Å². The molecule has 0 saturated carbocycles. The number of rotatable bonds is 4. The lowest BCUT2D eigenvalue weighted by Gasteiger charge is -2.33. The van der Waals surface area contributed by atoms with Crippen molar-refractivity contribution < 1.29 is 17.9 Å². The topological polar surface area (TPSA) is 66.9 Å². The van der Waals surface area contributed by atoms with E-state index in [4.69, 9.17) is 16.3 Å². The highest BCUT2D eigenvalue weighted by molar-refractivity contribution is 7.88. The fourth-order valence-corrected chi connectivity index (χ4v) is 3.45. The Hall–Kier alpha value is -1.31. The van der Waals surface area contributed by atoms with Gasteiger partial charge >= 0.3 is 0 Å². The minimum atomic E-state index is -3.19. The van der Waals surface area contributed by atoms with Gasteiger partial charge in [-0.3, -0.25) is 4.79 Å². The summed E-state index contributed by atoms with van der Waals surface area (Å²) in [5.41, 5.74) is 0.727. The van der Waals surface area contributed by atoms with Gasteiger partial charge in [0.1, 0.15) is 5.75 Å². The smallest absolute Gasteiger partial charge is 0.227 e. The van der Waals surface area contributed by atoms with Crippen LogP contribution in [0.3, 0.4) is 0 Å². The number of amides is 1. The molecule has 1 amide bonds. The maximum Gasteiger partial charge on any atom is 0.227 e. The first kappa shape index (κ1) is 17.1. The lowest BCUT2D eigenvalue weighted by atomic mass is 10.1. The number of carbonyl (C=O) groups excluding carboxylic acids is 1. The van der Waals surface area contributed by atoms with Gasteiger partial charge in [0.15, 0.2) is 0 Å². The average molecular weight is 347 g/mol. The van der Waals surface area contributed by atoms with Crippen LogP contribution in [0.25, 0.3) is 0 Å². The molecule has 0 radical (unpaired) electrons. The summed E-state index contributed by atoms with van der Waals surface area (Å²) in [5.74, 6) is 0.557. The number of carbonyl (C=O) groups is 1. The summed E-state index contributed by atoms with van der Waals surface area (Å²) < 4.78 is 29.6. The monoisotopic (exact) mass is 346 g/mol. The van der Waals surface area contributed by atoms with Crippen molar-refractivity contribution in [1.82, 2.24) is 9.21 Å². The number of piperazine rings is 1. The molecule has 0 aromatic heterocycles. The molecular weight excluding hydrogens is 328 g/mol. The summed E-state index contributed by atoms with van der Waals surface area (Å²) in [6.45, 7) is 1.46. The Morgan fingerprint density at radius 1 is 1.27 bits per heavy atom. The molecule has 2 rings (SSSR count). The van der Waals surface area contributed by atoms with E-state index in [1.165, 1.54) is 10.6 Å². The molecule has 0 unspecified atom stereocenters. The SMILES string of the molecule is COc1ccc(Cl)cc1CC(=O)N1CCN(S(C)(=O)=O)CC1. The summed E-state index contributed by atoms with van der Waals surface area (Å²) >= 11 is 5.96. The molecule has 0 spiro atoms. The zero-order chi connectivity index (χ0) is 16.3. The Labute approximate surface area is 135 Å². The summed E-state index contributed by atoms with van der Waals surface area (Å²) in [6.07, 6.45) is 1.37. The Morgan fingerprint density at radius 2 is 1.91 bits per heavy atom. The van der Waals surface area contributed by atoms with E-state index in [9.17, 15) is 13.2 Å². The molecule has 22 heavy (non-hydrogen) atoms. The summed E-state index contributed by atoms with van der Waals surface area (Å²) in [5, 5.41) is 0.547. The molecule has 0 N–H and O–H groups in total. The first-order valence-electron chi connectivity index (χ1n) is 6.86. The average Bonchev–Trinajstić information content (AvgIpc) is 2.46. The largest absolute Gasteiger partial charge is 0.496 e. The first-order chi connectivity index (χ1) is 10.3. The van der Waals surface area contributed by atoms with Gasteiger partial charge in [-0.1, -0.05) is 11.6 Å². The number of nitrogens with zero attached hydrogens (tertiary/aromatic N) is 2. The Bertz CT molecular complexity index is 655. The molecular formula is C14H19ClN2O4S. The number of sulfonamides is 1. The van der Waals surface area contributed by atoms with Crippen molar-refractivity contribution in [2.45, 2.75) is 6.42 Å². The van der Waals surface area contributed by atoms with Crippen LogP contribution in [0.1, 0.15) is 5.56 Å². The minimum absolute atomic E-state index is 0.0614. The van der Waals surface area contributed by atoms with Gasteiger partial charge < -0.3 is 9.64 Å². The van der Waals surface area contributed by atoms with E-state index in [0.29, 0.717) is 37.0 Å². The minimum Gasteiger partial charge on any atom is -0.496 e. The Kier molecular flexibility index (Phi) is 5.31. The van der Waals surface area contributed by atoms with Crippen LogP contribution in [0.4, 0.5) is 0 Å². The van der Waals surface area contributed by atoms with Crippen molar-refractivity contribution in [3.05, 3.63) is 28.8 Å². The van der Waals surface area contributed by atoms with Crippen molar-refractivity contribution in [1.29, 1.82) is 0 Å². The van der Waals surface area contributed by atoms with E-state index < -0.39 is 10.0 Å². The van der Waals surface area contributed by atoms with Crippen LogP contribution in [0, 0.1) is 0 Å². The number of halogens is 1. The fraction of sp³-hybridized carbons (Fsp3) is 0.500. The van der Waals surface area contributed by atoms with Gasteiger partial charge in [-0.2, -0.15) is 4.31 Å². The number of benzene rings is 1. The number of ether oxygens (including phenoxy) is 1. The molecule has 1 aromatic carbocycles. The number of methoxy groups -OCH3 is 1. The van der Waals surface area contributed by atoms with Crippen LogP contribution in [0.2, 0.25) is 5.02 Å². The first-order valence-corrected chi connectivity index (χ1v) is 9.09. The van der Waals surface area contributed by atoms with Crippen LogP contribution in [0.5, 0.6) is 5.75 Å². The van der Waals surface area contributed by atoms with Crippen LogP contribution >= 0.6 is 11.6 Å². The Balaban J connectivity index is 2.01. The van der Waals surface area contributed by atoms with Crippen molar-refractivity contribution in [2.75, 3.05) is 39.5 Å². The van der Waals surface area contributed by atoms with Gasteiger partial charge in [-0.25, -0.2) is 8.42 Å². The zero-order valence-electron chi connectivity index (χ0n) is 12.6. The highest BCUT2D eigenvalue weighted by Crippen LogP contribution is 2.23. The van der Waals surface area contributed by atoms with Gasteiger partial charge in [-0.05, 0) is 18.2 Å². The molecule has 0 bridgehead atoms. The third-order valence-corrected chi connectivity index (χ3v) is 5.18. The summed E-state index contributed by atoms with van der Waals surface area (Å²) in [7, 11) is -1.65. The van der Waals surface area contributed by atoms with E-state index in [1.807, 2.05) is 0 Å². The molecule has 1 aliphatic heterocycles. The maximum atomic E-state index is 12.4. The van der Waals surface area contributed by atoms with E-state index in [2.05, 4.69) is 0 Å². The second-order valence-electron chi connectivity index (χ2n) is 5.18. The molecule has 8 heteroatoms. The third kappa shape index (κ3) is 4.12. The third-order valence-electron chi connectivity index (χ3n) is 3.64. The number of hydrogen-bond acceptors (Lipinski definition) is 4. The fourth-order valence-electron chi connectivity index (χ4n) is 2.43. The van der Waals surface area contributed by atoms with E-state index in [1.54, 1.807) is 30.2 Å². The van der Waals surface area contributed by atoms with Gasteiger partial charge in [-0.15, -0.1) is 0 Å². The molecule has 0 atom stereocenters. The molecule has 6 nitrogen and oxygen atoms in total. The summed E-state index contributed by atoms with van der Waals surface area (Å²) in [6, 6.07) is 5.15. The Morgan fingerprint density at radius 3 is 2.45 bits per heavy atom. The molecule has 1 heterocycles. The predicted molar refractivity (Wildman–Crippen MR) is 84.7 cm³/mol. The second kappa shape index (κ2) is 6.85. The predicted octanol–water partition coefficient (Wildman–Crippen LogP) is 0.995.